The SMILES string of the molecule is CCSC(SCC)C1CC(O)CC(=O)O1. The lowest BCUT2D eigenvalue weighted by Crippen LogP contribution is -2.37. The number of ether oxygens (including phenoxy) is 1. The smallest absolute Gasteiger partial charge is 0.308 e. The van der Waals surface area contributed by atoms with Gasteiger partial charge in [-0.15, -0.1) is 23.5 Å². The zero-order valence-corrected chi connectivity index (χ0v) is 10.8. The summed E-state index contributed by atoms with van der Waals surface area (Å²) in [6.07, 6.45) is 0.0811. The maximum Gasteiger partial charge on any atom is 0.308 e. The minimum atomic E-state index is -0.520. The van der Waals surface area contributed by atoms with Crippen LogP contribution in [0.4, 0.5) is 0 Å². The van der Waals surface area contributed by atoms with Gasteiger partial charge in [0, 0.05) is 6.42 Å². The fraction of sp³-hybridized carbons (Fsp3) is 0.900. The minimum Gasteiger partial charge on any atom is -0.460 e. The Hall–Kier alpha value is 0.130. The summed E-state index contributed by atoms with van der Waals surface area (Å²) in [6, 6.07) is 0. The topological polar surface area (TPSA) is 46.5 Å². The number of aliphatic hydroxyl groups is 1. The Bertz CT molecular complexity index is 205. The molecule has 0 amide bonds. The molecule has 2 atom stereocenters. The van der Waals surface area contributed by atoms with E-state index in [2.05, 4.69) is 13.8 Å². The van der Waals surface area contributed by atoms with Gasteiger partial charge in [0.05, 0.1) is 17.1 Å². The highest BCUT2D eigenvalue weighted by Gasteiger charge is 2.33. The number of rotatable bonds is 5. The lowest BCUT2D eigenvalue weighted by molar-refractivity contribution is -0.158. The summed E-state index contributed by atoms with van der Waals surface area (Å²) in [7, 11) is 0. The van der Waals surface area contributed by atoms with Crippen molar-refractivity contribution in [2.75, 3.05) is 11.5 Å². The maximum atomic E-state index is 11.2. The molecule has 2 unspecified atom stereocenters. The van der Waals surface area contributed by atoms with E-state index in [1.807, 2.05) is 0 Å². The first-order chi connectivity index (χ1) is 7.17. The summed E-state index contributed by atoms with van der Waals surface area (Å²) in [5.41, 5.74) is 0. The Morgan fingerprint density at radius 2 is 2.07 bits per heavy atom. The van der Waals surface area contributed by atoms with Crippen molar-refractivity contribution in [1.29, 1.82) is 0 Å². The highest BCUT2D eigenvalue weighted by molar-refractivity contribution is 8.17. The minimum absolute atomic E-state index is 0.129. The second-order valence-corrected chi connectivity index (χ2v) is 6.54. The monoisotopic (exact) mass is 250 g/mol. The second-order valence-electron chi connectivity index (χ2n) is 3.40. The Kier molecular flexibility index (Phi) is 5.86. The highest BCUT2D eigenvalue weighted by Crippen LogP contribution is 2.32. The van der Waals surface area contributed by atoms with Crippen molar-refractivity contribution < 1.29 is 14.6 Å². The van der Waals surface area contributed by atoms with E-state index < -0.39 is 6.10 Å². The van der Waals surface area contributed by atoms with Crippen molar-refractivity contribution in [3.8, 4) is 0 Å². The van der Waals surface area contributed by atoms with E-state index in [1.54, 1.807) is 23.5 Å². The standard InChI is InChI=1S/C10H18O3S2/c1-3-14-10(15-4-2)8-5-7(11)6-9(12)13-8/h7-8,10-11H,3-6H2,1-2H3. The summed E-state index contributed by atoms with van der Waals surface area (Å²) in [6.45, 7) is 4.18. The summed E-state index contributed by atoms with van der Waals surface area (Å²) >= 11 is 3.57. The molecule has 0 radical (unpaired) electrons. The number of hydrogen-bond donors (Lipinski definition) is 1. The Morgan fingerprint density at radius 3 is 2.53 bits per heavy atom. The van der Waals surface area contributed by atoms with Crippen LogP contribution < -0.4 is 0 Å². The van der Waals surface area contributed by atoms with Gasteiger partial charge in [-0.2, -0.15) is 0 Å². The first-order valence-corrected chi connectivity index (χ1v) is 7.37. The van der Waals surface area contributed by atoms with Crippen LogP contribution in [0.3, 0.4) is 0 Å². The molecule has 0 aromatic carbocycles. The summed E-state index contributed by atoms with van der Waals surface area (Å²) in [4.78, 5) is 11.2. The molecule has 1 saturated heterocycles. The molecule has 0 saturated carbocycles. The van der Waals surface area contributed by atoms with Gasteiger partial charge in [-0.25, -0.2) is 0 Å². The van der Waals surface area contributed by atoms with E-state index in [9.17, 15) is 9.90 Å². The normalized spacial score (nSPS) is 26.8. The number of esters is 1. The molecule has 0 aromatic heterocycles. The second kappa shape index (κ2) is 6.66. The Morgan fingerprint density at radius 1 is 1.47 bits per heavy atom. The summed E-state index contributed by atoms with van der Waals surface area (Å²) < 4.78 is 5.55. The number of thioether (sulfide) groups is 2. The van der Waals surface area contributed by atoms with Gasteiger partial charge in [0.2, 0.25) is 0 Å². The van der Waals surface area contributed by atoms with Gasteiger partial charge >= 0.3 is 5.97 Å². The van der Waals surface area contributed by atoms with E-state index in [-0.39, 0.29) is 23.1 Å². The first-order valence-electron chi connectivity index (χ1n) is 5.28. The predicted molar refractivity (Wildman–Crippen MR) is 65.2 cm³/mol. The average Bonchev–Trinajstić information content (AvgIpc) is 2.16. The Balaban J connectivity index is 2.53. The number of carbonyl (C=O) groups is 1. The summed E-state index contributed by atoms with van der Waals surface area (Å²) in [5.74, 6) is 1.74. The fourth-order valence-electron chi connectivity index (χ4n) is 1.57. The average molecular weight is 250 g/mol. The van der Waals surface area contributed by atoms with Gasteiger partial charge in [0.15, 0.2) is 0 Å². The molecule has 15 heavy (non-hydrogen) atoms. The van der Waals surface area contributed by atoms with Crippen LogP contribution in [-0.2, 0) is 9.53 Å². The van der Waals surface area contributed by atoms with E-state index >= 15 is 0 Å². The van der Waals surface area contributed by atoms with Crippen molar-refractivity contribution in [2.24, 2.45) is 0 Å². The van der Waals surface area contributed by atoms with Gasteiger partial charge in [0.1, 0.15) is 6.10 Å². The molecular weight excluding hydrogens is 232 g/mol. The van der Waals surface area contributed by atoms with Gasteiger partial charge in [0.25, 0.3) is 0 Å². The van der Waals surface area contributed by atoms with E-state index in [0.717, 1.165) is 11.5 Å². The van der Waals surface area contributed by atoms with Crippen LogP contribution in [-0.4, -0.2) is 39.4 Å². The van der Waals surface area contributed by atoms with Crippen molar-refractivity contribution in [1.82, 2.24) is 0 Å². The highest BCUT2D eigenvalue weighted by atomic mass is 32.2. The molecule has 1 heterocycles. The molecule has 0 aromatic rings. The number of aliphatic hydroxyl groups excluding tert-OH is 1. The number of hydrogen-bond acceptors (Lipinski definition) is 5. The van der Waals surface area contributed by atoms with Gasteiger partial charge < -0.3 is 9.84 Å². The zero-order valence-electron chi connectivity index (χ0n) is 9.14. The third-order valence-electron chi connectivity index (χ3n) is 2.15. The van der Waals surface area contributed by atoms with E-state index in [1.165, 1.54) is 0 Å². The molecule has 3 nitrogen and oxygen atoms in total. The van der Waals surface area contributed by atoms with Crippen molar-refractivity contribution in [3.63, 3.8) is 0 Å². The fourth-order valence-corrected chi connectivity index (χ4v) is 4.19. The number of cyclic esters (lactones) is 1. The molecule has 88 valence electrons. The zero-order chi connectivity index (χ0) is 11.3. The third kappa shape index (κ3) is 4.25. The van der Waals surface area contributed by atoms with Gasteiger partial charge in [-0.3, -0.25) is 4.79 Å². The van der Waals surface area contributed by atoms with Crippen LogP contribution in [0.1, 0.15) is 26.7 Å². The molecule has 1 aliphatic rings. The molecule has 0 spiro atoms. The molecule has 0 bridgehead atoms. The van der Waals surface area contributed by atoms with Crippen LogP contribution in [0.25, 0.3) is 0 Å². The summed E-state index contributed by atoms with van der Waals surface area (Å²) in [5, 5.41) is 9.52. The van der Waals surface area contributed by atoms with Crippen molar-refractivity contribution in [3.05, 3.63) is 0 Å². The molecule has 5 heteroatoms. The van der Waals surface area contributed by atoms with E-state index in [4.69, 9.17) is 4.74 Å². The van der Waals surface area contributed by atoms with Crippen LogP contribution >= 0.6 is 23.5 Å². The van der Waals surface area contributed by atoms with Crippen molar-refractivity contribution in [2.45, 2.75) is 43.5 Å². The molecular formula is C10H18O3S2. The van der Waals surface area contributed by atoms with Crippen LogP contribution in [0, 0.1) is 0 Å². The molecule has 1 N–H and O–H groups in total. The predicted octanol–water partition coefficient (Wildman–Crippen LogP) is 1.89. The molecule has 0 aliphatic carbocycles. The molecule has 1 aliphatic heterocycles. The maximum absolute atomic E-state index is 11.2. The lowest BCUT2D eigenvalue weighted by atomic mass is 10.1. The first kappa shape index (κ1) is 13.2. The third-order valence-corrected chi connectivity index (χ3v) is 4.90. The van der Waals surface area contributed by atoms with Crippen molar-refractivity contribution >= 4 is 29.5 Å². The van der Waals surface area contributed by atoms with Gasteiger partial charge in [-0.1, -0.05) is 13.8 Å². The molecule has 1 rings (SSSR count). The van der Waals surface area contributed by atoms with Gasteiger partial charge in [-0.05, 0) is 11.5 Å². The number of carbonyl (C=O) groups excluding carboxylic acids is 1. The largest absolute Gasteiger partial charge is 0.460 e. The quantitative estimate of drug-likeness (QED) is 0.596. The molecule has 1 fully saturated rings. The van der Waals surface area contributed by atoms with Crippen LogP contribution in [0.15, 0.2) is 0 Å². The Labute approximate surface area is 99.3 Å². The van der Waals surface area contributed by atoms with Crippen LogP contribution in [0.5, 0.6) is 0 Å². The lowest BCUT2D eigenvalue weighted by Gasteiger charge is -2.31. The van der Waals surface area contributed by atoms with E-state index in [0.29, 0.717) is 6.42 Å². The van der Waals surface area contributed by atoms with Crippen LogP contribution in [0.2, 0.25) is 0 Å².